The van der Waals surface area contributed by atoms with Crippen LogP contribution in [0, 0.1) is 23.2 Å². The number of carbonyl (C=O) groups is 1. The second kappa shape index (κ2) is 30.8. The zero-order valence-electron chi connectivity index (χ0n) is 31.7. The van der Waals surface area contributed by atoms with E-state index >= 15 is 0 Å². The third kappa shape index (κ3) is 18.6. The maximum absolute atomic E-state index is 11.6. The van der Waals surface area contributed by atoms with Crippen LogP contribution in [-0.2, 0) is 9.53 Å². The highest BCUT2D eigenvalue weighted by Gasteiger charge is 2.25. The molecule has 0 N–H and O–H groups in total. The topological polar surface area (TPSA) is 50.1 Å². The fourth-order valence-electron chi connectivity index (χ4n) is 5.00. The van der Waals surface area contributed by atoms with Gasteiger partial charge in [0.15, 0.2) is 5.78 Å². The van der Waals surface area contributed by atoms with Crippen molar-refractivity contribution >= 4 is 5.78 Å². The number of unbranched alkanes of at least 4 members (excludes halogenated alkanes) is 2. The summed E-state index contributed by atoms with van der Waals surface area (Å²) < 4.78 is 5.65. The molecule has 0 spiro atoms. The summed E-state index contributed by atoms with van der Waals surface area (Å²) in [4.78, 5) is 11.6. The number of nitrogens with zero attached hydrogens (tertiary/aromatic N) is 1. The molecule has 0 amide bonds. The van der Waals surface area contributed by atoms with Gasteiger partial charge in [-0.1, -0.05) is 138 Å². The van der Waals surface area contributed by atoms with E-state index in [9.17, 15) is 10.1 Å². The summed E-state index contributed by atoms with van der Waals surface area (Å²) in [6, 6.07) is 2.38. The fraction of sp³-hybridized carbons (Fsp3) is 0.707. The minimum absolute atomic E-state index is 0.326. The Morgan fingerprint density at radius 3 is 1.82 bits per heavy atom. The molecule has 3 heteroatoms. The number of hydrogen-bond donors (Lipinski definition) is 0. The lowest BCUT2D eigenvalue weighted by molar-refractivity contribution is -0.115. The number of carbonyl (C=O) groups excluding carboxylic acids is 1. The van der Waals surface area contributed by atoms with E-state index in [1.54, 1.807) is 0 Å². The van der Waals surface area contributed by atoms with Gasteiger partial charge in [0, 0.05) is 17.9 Å². The van der Waals surface area contributed by atoms with Crippen molar-refractivity contribution in [3.63, 3.8) is 0 Å². The molecule has 0 bridgehead atoms. The number of Topliss-reactive ketones (excluding diaryl/α,β-unsaturated/α-hetero) is 1. The molecular weight excluding hydrogens is 538 g/mol. The maximum Gasteiger partial charge on any atom is 0.159 e. The van der Waals surface area contributed by atoms with E-state index in [4.69, 9.17) is 4.74 Å². The highest BCUT2D eigenvalue weighted by Crippen LogP contribution is 2.37. The molecule has 0 unspecified atom stereocenters. The maximum atomic E-state index is 11.6. The zero-order valence-corrected chi connectivity index (χ0v) is 31.7. The summed E-state index contributed by atoms with van der Waals surface area (Å²) in [6.07, 6.45) is 18.4. The molecule has 0 aromatic rings. The first-order valence-corrected chi connectivity index (χ1v) is 18.1. The number of ketones is 1. The average molecular weight is 612 g/mol. The Kier molecular flexibility index (Phi) is 32.4. The lowest BCUT2D eigenvalue weighted by Crippen LogP contribution is -2.19. The number of ether oxygens (including phenoxy) is 1. The highest BCUT2D eigenvalue weighted by atomic mass is 16.5. The summed E-state index contributed by atoms with van der Waals surface area (Å²) in [5, 5.41) is 9.45. The summed E-state index contributed by atoms with van der Waals surface area (Å²) in [6.45, 7) is 32.6. The molecule has 1 atom stereocenters. The van der Waals surface area contributed by atoms with Crippen LogP contribution in [0.3, 0.4) is 0 Å². The Morgan fingerprint density at radius 2 is 1.43 bits per heavy atom. The number of nitriles is 1. The smallest absolute Gasteiger partial charge is 0.159 e. The quantitative estimate of drug-likeness (QED) is 0.257. The van der Waals surface area contributed by atoms with Gasteiger partial charge < -0.3 is 4.74 Å². The van der Waals surface area contributed by atoms with E-state index in [0.717, 1.165) is 41.7 Å². The Balaban J connectivity index is -0.000000594. The van der Waals surface area contributed by atoms with Crippen LogP contribution in [0.4, 0.5) is 0 Å². The van der Waals surface area contributed by atoms with Gasteiger partial charge >= 0.3 is 0 Å². The van der Waals surface area contributed by atoms with Crippen LogP contribution in [0.2, 0.25) is 0 Å². The molecule has 44 heavy (non-hydrogen) atoms. The van der Waals surface area contributed by atoms with Crippen LogP contribution in [0.1, 0.15) is 167 Å². The van der Waals surface area contributed by atoms with Crippen molar-refractivity contribution in [3.05, 3.63) is 57.7 Å². The van der Waals surface area contributed by atoms with Crippen molar-refractivity contribution in [1.82, 2.24) is 0 Å². The van der Waals surface area contributed by atoms with Gasteiger partial charge in [0.05, 0.1) is 24.9 Å². The van der Waals surface area contributed by atoms with Crippen LogP contribution < -0.4 is 0 Å². The van der Waals surface area contributed by atoms with Crippen molar-refractivity contribution in [2.75, 3.05) is 13.2 Å². The first-order valence-electron chi connectivity index (χ1n) is 18.1. The zero-order chi connectivity index (χ0) is 34.5. The van der Waals surface area contributed by atoms with Gasteiger partial charge in [0.2, 0.25) is 0 Å². The number of allylic oxidation sites excluding steroid dienone is 6. The Hall–Kier alpha value is -2.18. The van der Waals surface area contributed by atoms with Crippen LogP contribution in [0.25, 0.3) is 0 Å². The lowest BCUT2D eigenvalue weighted by Gasteiger charge is -2.29. The predicted octanol–water partition coefficient (Wildman–Crippen LogP) is 13.2. The number of rotatable bonds is 8. The molecule has 3 nitrogen and oxygen atoms in total. The van der Waals surface area contributed by atoms with Crippen molar-refractivity contribution in [2.24, 2.45) is 11.8 Å². The van der Waals surface area contributed by atoms with E-state index < -0.39 is 0 Å². The summed E-state index contributed by atoms with van der Waals surface area (Å²) in [5.41, 5.74) is 7.75. The van der Waals surface area contributed by atoms with Gasteiger partial charge in [-0.05, 0) is 74.7 Å². The van der Waals surface area contributed by atoms with E-state index in [-0.39, 0.29) is 0 Å². The van der Waals surface area contributed by atoms with Crippen molar-refractivity contribution in [2.45, 2.75) is 167 Å². The van der Waals surface area contributed by atoms with Crippen molar-refractivity contribution < 1.29 is 9.53 Å². The second-order valence-electron chi connectivity index (χ2n) is 11.5. The van der Waals surface area contributed by atoms with E-state index in [1.807, 2.05) is 61.5 Å². The predicted molar refractivity (Wildman–Crippen MR) is 197 cm³/mol. The highest BCUT2D eigenvalue weighted by molar-refractivity contribution is 5.97. The van der Waals surface area contributed by atoms with Gasteiger partial charge in [0.25, 0.3) is 0 Å². The molecule has 0 aromatic carbocycles. The summed E-state index contributed by atoms with van der Waals surface area (Å²) in [5.74, 6) is 1.25. The van der Waals surface area contributed by atoms with Crippen molar-refractivity contribution in [3.8, 4) is 6.07 Å². The van der Waals surface area contributed by atoms with Gasteiger partial charge in [-0.3, -0.25) is 4.79 Å². The van der Waals surface area contributed by atoms with Gasteiger partial charge in [-0.15, -0.1) is 0 Å². The molecule has 0 aromatic heterocycles. The van der Waals surface area contributed by atoms with Crippen molar-refractivity contribution in [1.29, 1.82) is 5.26 Å². The normalized spacial score (nSPS) is 17.0. The molecule has 1 aliphatic heterocycles. The molecule has 2 aliphatic carbocycles. The molecule has 0 saturated heterocycles. The van der Waals surface area contributed by atoms with Gasteiger partial charge in [0.1, 0.15) is 0 Å². The summed E-state index contributed by atoms with van der Waals surface area (Å²) in [7, 11) is 0. The first-order chi connectivity index (χ1) is 21.1. The van der Waals surface area contributed by atoms with Crippen LogP contribution in [0.15, 0.2) is 57.7 Å². The molecule has 0 radical (unpaired) electrons. The van der Waals surface area contributed by atoms with E-state index in [2.05, 4.69) is 53.3 Å². The van der Waals surface area contributed by atoms with Gasteiger partial charge in [-0.2, -0.15) is 5.26 Å². The second-order valence-corrected chi connectivity index (χ2v) is 11.5. The lowest BCUT2D eigenvalue weighted by atomic mass is 9.79. The van der Waals surface area contributed by atoms with Crippen LogP contribution >= 0.6 is 0 Å². The third-order valence-electron chi connectivity index (χ3n) is 7.80. The van der Waals surface area contributed by atoms with Crippen LogP contribution in [0.5, 0.6) is 0 Å². The van der Waals surface area contributed by atoms with E-state index in [1.165, 1.54) is 74.5 Å². The molecule has 254 valence electrons. The fourth-order valence-corrected chi connectivity index (χ4v) is 5.00. The average Bonchev–Trinajstić information content (AvgIpc) is 3.41. The molecular formula is C41H73NO2. The summed E-state index contributed by atoms with van der Waals surface area (Å²) >= 11 is 0. The Labute approximate surface area is 276 Å². The third-order valence-corrected chi connectivity index (χ3v) is 7.80. The standard InChI is InChI=1S/C18H25NO.C11H16O.2C4H10.2C2H6/c1-13(2)17(11-19)16-9-10-20-12-18(16)14(3)15-7-5-4-6-8-15;1-4-5-10(12)11-8(2)6-7-9(11)3;2*1-3-4-2;2*1-2/h15H,3-10,12H2,1-2H3;6-8H,4-5H2,1-3H3;2*3-4H2,1-2H3;2*1-2H3/t;8-;;;;/m.1..../s1. The van der Waals surface area contributed by atoms with Gasteiger partial charge in [-0.25, -0.2) is 0 Å². The largest absolute Gasteiger partial charge is 0.376 e. The molecule has 1 heterocycles. The molecule has 3 rings (SSSR count). The molecule has 3 aliphatic rings. The SMILES string of the molecule is C=C(C1=C(C(C#N)=C(C)C)CCOC1)C1CCCCC1.CC.CC.CCCC.CCCC.CCCC(=O)C1=C(C)C=C[C@H]1C. The van der Waals surface area contributed by atoms with Crippen LogP contribution in [-0.4, -0.2) is 19.0 Å². The number of hydrogen-bond acceptors (Lipinski definition) is 3. The molecule has 1 fully saturated rings. The minimum Gasteiger partial charge on any atom is -0.376 e. The molecule has 1 saturated carbocycles. The Morgan fingerprint density at radius 1 is 0.909 bits per heavy atom. The minimum atomic E-state index is 0.326. The Bertz CT molecular complexity index is 920. The van der Waals surface area contributed by atoms with E-state index in [0.29, 0.717) is 30.6 Å². The first kappa shape index (κ1) is 46.2. The monoisotopic (exact) mass is 612 g/mol.